The van der Waals surface area contributed by atoms with E-state index in [2.05, 4.69) is 10.3 Å². The number of rotatable bonds is 5. The summed E-state index contributed by atoms with van der Waals surface area (Å²) >= 11 is 0. The van der Waals surface area contributed by atoms with Crippen LogP contribution in [0, 0.1) is 5.92 Å². The van der Waals surface area contributed by atoms with Crippen LogP contribution in [-0.2, 0) is 17.4 Å². The van der Waals surface area contributed by atoms with Crippen LogP contribution >= 0.6 is 0 Å². The topological polar surface area (TPSA) is 71.2 Å². The minimum Gasteiger partial charge on any atom is -0.380 e. The molecule has 2 heterocycles. The van der Waals surface area contributed by atoms with Crippen molar-refractivity contribution in [3.63, 3.8) is 0 Å². The number of β-amino-alcohol motifs (C(OH)–C–C–N with tert-alkyl or cyclic N) is 1. The van der Waals surface area contributed by atoms with Crippen LogP contribution in [0.15, 0.2) is 6.20 Å². The first-order valence-electron chi connectivity index (χ1n) is 8.44. The molecule has 6 heteroatoms. The van der Waals surface area contributed by atoms with E-state index in [1.54, 1.807) is 22.8 Å². The van der Waals surface area contributed by atoms with Gasteiger partial charge in [0.05, 0.1) is 25.0 Å². The zero-order chi connectivity index (χ0) is 15.6. The van der Waals surface area contributed by atoms with E-state index >= 15 is 0 Å². The molecule has 2 fully saturated rings. The van der Waals surface area contributed by atoms with E-state index < -0.39 is 5.60 Å². The van der Waals surface area contributed by atoms with Gasteiger partial charge in [0.25, 0.3) is 0 Å². The SMILES string of the molecule is Cn1nncc1C1(O)CN(C(=O)CCCC2CCCCC2)C1. The highest BCUT2D eigenvalue weighted by molar-refractivity contribution is 5.77. The van der Waals surface area contributed by atoms with Gasteiger partial charge in [-0.05, 0) is 18.8 Å². The lowest BCUT2D eigenvalue weighted by molar-refractivity contribution is -0.158. The molecule has 1 saturated carbocycles. The fourth-order valence-corrected chi connectivity index (χ4v) is 3.81. The summed E-state index contributed by atoms with van der Waals surface area (Å²) in [6, 6.07) is 0. The van der Waals surface area contributed by atoms with Crippen molar-refractivity contribution in [2.24, 2.45) is 13.0 Å². The van der Waals surface area contributed by atoms with Gasteiger partial charge >= 0.3 is 0 Å². The Morgan fingerprint density at radius 3 is 2.73 bits per heavy atom. The lowest BCUT2D eigenvalue weighted by Crippen LogP contribution is -2.61. The average Bonchev–Trinajstić information content (AvgIpc) is 2.91. The Morgan fingerprint density at radius 2 is 2.09 bits per heavy atom. The van der Waals surface area contributed by atoms with Gasteiger partial charge < -0.3 is 10.0 Å². The molecule has 22 heavy (non-hydrogen) atoms. The highest BCUT2D eigenvalue weighted by Crippen LogP contribution is 2.32. The van der Waals surface area contributed by atoms with Crippen molar-refractivity contribution < 1.29 is 9.90 Å². The third kappa shape index (κ3) is 3.16. The molecular weight excluding hydrogens is 280 g/mol. The van der Waals surface area contributed by atoms with Crippen LogP contribution in [0.5, 0.6) is 0 Å². The van der Waals surface area contributed by atoms with Crippen molar-refractivity contribution in [3.8, 4) is 0 Å². The zero-order valence-electron chi connectivity index (χ0n) is 13.4. The molecule has 0 radical (unpaired) electrons. The van der Waals surface area contributed by atoms with Crippen LogP contribution < -0.4 is 0 Å². The number of carbonyl (C=O) groups excluding carboxylic acids is 1. The first kappa shape index (κ1) is 15.5. The lowest BCUT2D eigenvalue weighted by Gasteiger charge is -2.46. The summed E-state index contributed by atoms with van der Waals surface area (Å²) in [7, 11) is 1.76. The zero-order valence-corrected chi connectivity index (χ0v) is 13.4. The van der Waals surface area contributed by atoms with Gasteiger partial charge in [0, 0.05) is 13.5 Å². The number of aryl methyl sites for hydroxylation is 1. The van der Waals surface area contributed by atoms with E-state index in [0.717, 1.165) is 12.3 Å². The number of amides is 1. The molecule has 0 bridgehead atoms. The third-order valence-electron chi connectivity index (χ3n) is 5.18. The molecule has 3 rings (SSSR count). The first-order chi connectivity index (χ1) is 10.6. The predicted octanol–water partition coefficient (Wildman–Crippen LogP) is 1.60. The standard InChI is InChI=1S/C16H26N4O2/c1-19-14(10-17-18-19)16(22)11-20(12-16)15(21)9-5-8-13-6-3-2-4-7-13/h10,13,22H,2-9,11-12H2,1H3. The normalized spacial score (nSPS) is 21.6. The summed E-state index contributed by atoms with van der Waals surface area (Å²) in [5.41, 5.74) is -0.296. The van der Waals surface area contributed by atoms with Gasteiger partial charge in [-0.3, -0.25) is 4.79 Å². The smallest absolute Gasteiger partial charge is 0.222 e. The Hall–Kier alpha value is -1.43. The van der Waals surface area contributed by atoms with Crippen molar-refractivity contribution >= 4 is 5.91 Å². The van der Waals surface area contributed by atoms with Gasteiger partial charge in [-0.1, -0.05) is 37.3 Å². The molecule has 1 aliphatic heterocycles. The highest BCUT2D eigenvalue weighted by atomic mass is 16.3. The summed E-state index contributed by atoms with van der Waals surface area (Å²) in [6.07, 6.45) is 11.1. The molecule has 2 aliphatic rings. The first-order valence-corrected chi connectivity index (χ1v) is 8.44. The maximum atomic E-state index is 12.2. The molecule has 1 saturated heterocycles. The van der Waals surface area contributed by atoms with Crippen LogP contribution in [-0.4, -0.2) is 44.0 Å². The summed E-state index contributed by atoms with van der Waals surface area (Å²) in [4.78, 5) is 13.9. The molecule has 1 amide bonds. The van der Waals surface area contributed by atoms with Gasteiger partial charge in [-0.25, -0.2) is 4.68 Å². The number of aliphatic hydroxyl groups is 1. The molecule has 1 aromatic rings. The molecule has 0 aromatic carbocycles. The minimum atomic E-state index is -0.975. The molecule has 0 atom stereocenters. The molecule has 1 N–H and O–H groups in total. The highest BCUT2D eigenvalue weighted by Gasteiger charge is 2.46. The molecule has 6 nitrogen and oxygen atoms in total. The van der Waals surface area contributed by atoms with Crippen LogP contribution in [0.2, 0.25) is 0 Å². The second kappa shape index (κ2) is 6.36. The Bertz CT molecular complexity index is 516. The number of hydrogen-bond acceptors (Lipinski definition) is 4. The second-order valence-corrected chi connectivity index (χ2v) is 6.92. The lowest BCUT2D eigenvalue weighted by atomic mass is 9.85. The van der Waals surface area contributed by atoms with Gasteiger partial charge in [0.1, 0.15) is 5.60 Å². The van der Waals surface area contributed by atoms with E-state index in [4.69, 9.17) is 0 Å². The van der Waals surface area contributed by atoms with Crippen LogP contribution in [0.4, 0.5) is 0 Å². The second-order valence-electron chi connectivity index (χ2n) is 6.92. The Morgan fingerprint density at radius 1 is 1.36 bits per heavy atom. The van der Waals surface area contributed by atoms with Crippen molar-refractivity contribution in [1.82, 2.24) is 19.9 Å². The van der Waals surface area contributed by atoms with Crippen LogP contribution in [0.25, 0.3) is 0 Å². The van der Waals surface area contributed by atoms with Gasteiger partial charge in [-0.15, -0.1) is 5.10 Å². The molecule has 122 valence electrons. The Kier molecular flexibility index (Phi) is 4.47. The fourth-order valence-electron chi connectivity index (χ4n) is 3.81. The minimum absolute atomic E-state index is 0.163. The van der Waals surface area contributed by atoms with E-state index in [1.165, 1.54) is 38.5 Å². The number of nitrogens with zero attached hydrogens (tertiary/aromatic N) is 4. The molecule has 1 aliphatic carbocycles. The van der Waals surface area contributed by atoms with Gasteiger partial charge in [0.15, 0.2) is 0 Å². The molecule has 1 aromatic heterocycles. The summed E-state index contributed by atoms with van der Waals surface area (Å²) in [5, 5.41) is 18.1. The quantitative estimate of drug-likeness (QED) is 0.897. The Balaban J connectivity index is 1.40. The maximum Gasteiger partial charge on any atom is 0.222 e. The average molecular weight is 306 g/mol. The molecule has 0 spiro atoms. The van der Waals surface area contributed by atoms with E-state index in [0.29, 0.717) is 25.2 Å². The monoisotopic (exact) mass is 306 g/mol. The largest absolute Gasteiger partial charge is 0.380 e. The van der Waals surface area contributed by atoms with E-state index in [9.17, 15) is 9.90 Å². The van der Waals surface area contributed by atoms with Crippen molar-refractivity contribution in [2.45, 2.75) is 57.0 Å². The van der Waals surface area contributed by atoms with Gasteiger partial charge in [-0.2, -0.15) is 0 Å². The Labute approximate surface area is 131 Å². The predicted molar refractivity (Wildman–Crippen MR) is 81.9 cm³/mol. The van der Waals surface area contributed by atoms with Crippen molar-refractivity contribution in [2.75, 3.05) is 13.1 Å². The van der Waals surface area contributed by atoms with Crippen LogP contribution in [0.1, 0.15) is 57.1 Å². The van der Waals surface area contributed by atoms with E-state index in [1.807, 2.05) is 0 Å². The summed E-state index contributed by atoms with van der Waals surface area (Å²) in [6.45, 7) is 0.715. The van der Waals surface area contributed by atoms with Crippen LogP contribution in [0.3, 0.4) is 0 Å². The summed E-state index contributed by atoms with van der Waals surface area (Å²) < 4.78 is 1.57. The van der Waals surface area contributed by atoms with Gasteiger partial charge in [0.2, 0.25) is 5.91 Å². The van der Waals surface area contributed by atoms with E-state index in [-0.39, 0.29) is 5.91 Å². The number of hydrogen-bond donors (Lipinski definition) is 1. The molecule has 0 unspecified atom stereocenters. The van der Waals surface area contributed by atoms with Crippen molar-refractivity contribution in [3.05, 3.63) is 11.9 Å². The number of likely N-dealkylation sites (tertiary alicyclic amines) is 1. The summed E-state index contributed by atoms with van der Waals surface area (Å²) in [5.74, 6) is 0.992. The third-order valence-corrected chi connectivity index (χ3v) is 5.18. The fraction of sp³-hybridized carbons (Fsp3) is 0.812. The number of aromatic nitrogens is 3. The molecular formula is C16H26N4O2. The number of carbonyl (C=O) groups is 1. The van der Waals surface area contributed by atoms with Crippen molar-refractivity contribution in [1.29, 1.82) is 0 Å². The maximum absolute atomic E-state index is 12.2.